The van der Waals surface area contributed by atoms with E-state index < -0.39 is 17.0 Å². The molecule has 0 fully saturated rings. The van der Waals surface area contributed by atoms with Gasteiger partial charge in [-0.2, -0.15) is 13.2 Å². The number of hydrogen-bond acceptors (Lipinski definition) is 3. The summed E-state index contributed by atoms with van der Waals surface area (Å²) in [5.74, 6) is -0.249. The highest BCUT2D eigenvalue weighted by Crippen LogP contribution is 2.30. The molecule has 0 aliphatic heterocycles. The maximum absolute atomic E-state index is 12.5. The van der Waals surface area contributed by atoms with E-state index >= 15 is 0 Å². The number of carbonyl (C=O) groups is 1. The molecule has 0 saturated carbocycles. The van der Waals surface area contributed by atoms with Gasteiger partial charge in [-0.15, -0.1) is 0 Å². The van der Waals surface area contributed by atoms with Gasteiger partial charge < -0.3 is 5.32 Å². The highest BCUT2D eigenvalue weighted by Gasteiger charge is 2.30. The zero-order valence-corrected chi connectivity index (χ0v) is 14.2. The van der Waals surface area contributed by atoms with Gasteiger partial charge in [0.1, 0.15) is 0 Å². The molecule has 1 unspecified atom stereocenters. The van der Waals surface area contributed by atoms with Crippen LogP contribution in [0.3, 0.4) is 0 Å². The zero-order chi connectivity index (χ0) is 17.7. The fourth-order valence-electron chi connectivity index (χ4n) is 1.82. The molecule has 1 atom stereocenters. The Morgan fingerprint density at radius 2 is 2.00 bits per heavy atom. The normalized spacial score (nSPS) is 12.7. The molecule has 128 valence electrons. The Morgan fingerprint density at radius 3 is 2.58 bits per heavy atom. The van der Waals surface area contributed by atoms with Crippen molar-refractivity contribution < 1.29 is 18.0 Å². The van der Waals surface area contributed by atoms with E-state index in [1.165, 1.54) is 6.07 Å². The Bertz CT molecular complexity index is 707. The van der Waals surface area contributed by atoms with E-state index in [1.54, 1.807) is 25.1 Å². The molecular formula is C16H14ClF3N2OS. The molecule has 1 heterocycles. The summed E-state index contributed by atoms with van der Waals surface area (Å²) in [6.07, 6.45) is -3.66. The summed E-state index contributed by atoms with van der Waals surface area (Å²) in [5.41, 5.74) is -0.0277. The number of nitrogens with zero attached hydrogens (tertiary/aromatic N) is 1. The van der Waals surface area contributed by atoms with Gasteiger partial charge in [0.05, 0.1) is 15.8 Å². The van der Waals surface area contributed by atoms with Crippen molar-refractivity contribution in [2.45, 2.75) is 29.9 Å². The molecule has 0 spiro atoms. The average Bonchev–Trinajstić information content (AvgIpc) is 2.53. The second-order valence-corrected chi connectivity index (χ2v) is 6.72. The number of thioether (sulfide) groups is 1. The van der Waals surface area contributed by atoms with Crippen molar-refractivity contribution in [1.82, 2.24) is 10.3 Å². The molecule has 0 aliphatic carbocycles. The van der Waals surface area contributed by atoms with Crippen molar-refractivity contribution in [1.29, 1.82) is 0 Å². The van der Waals surface area contributed by atoms with Crippen LogP contribution in [0.4, 0.5) is 13.2 Å². The molecule has 0 radical (unpaired) electrons. The molecule has 0 bridgehead atoms. The molecule has 1 aromatic heterocycles. The zero-order valence-electron chi connectivity index (χ0n) is 12.6. The lowest BCUT2D eigenvalue weighted by atomic mass is 10.2. The van der Waals surface area contributed by atoms with Crippen LogP contribution in [-0.2, 0) is 17.5 Å². The summed E-state index contributed by atoms with van der Waals surface area (Å²) >= 11 is 7.10. The Balaban J connectivity index is 1.91. The van der Waals surface area contributed by atoms with Crippen molar-refractivity contribution in [3.63, 3.8) is 0 Å². The largest absolute Gasteiger partial charge is 0.417 e. The first-order valence-corrected chi connectivity index (χ1v) is 8.24. The van der Waals surface area contributed by atoms with E-state index in [9.17, 15) is 18.0 Å². The second kappa shape index (κ2) is 7.90. The molecule has 2 aromatic rings. The Hall–Kier alpha value is -1.73. The van der Waals surface area contributed by atoms with Gasteiger partial charge in [0.15, 0.2) is 0 Å². The van der Waals surface area contributed by atoms with Gasteiger partial charge in [0, 0.05) is 17.8 Å². The highest BCUT2D eigenvalue weighted by molar-refractivity contribution is 8.00. The lowest BCUT2D eigenvalue weighted by molar-refractivity contribution is -0.137. The van der Waals surface area contributed by atoms with Crippen LogP contribution in [0.25, 0.3) is 0 Å². The van der Waals surface area contributed by atoms with Crippen LogP contribution in [0, 0.1) is 0 Å². The fourth-order valence-corrected chi connectivity index (χ4v) is 2.84. The third-order valence-corrected chi connectivity index (χ3v) is 4.56. The molecule has 24 heavy (non-hydrogen) atoms. The van der Waals surface area contributed by atoms with Gasteiger partial charge >= 0.3 is 6.18 Å². The van der Waals surface area contributed by atoms with Gasteiger partial charge in [-0.3, -0.25) is 4.79 Å². The van der Waals surface area contributed by atoms with Crippen molar-refractivity contribution in [2.24, 2.45) is 0 Å². The predicted octanol–water partition coefficient (Wildman–Crippen LogP) is 4.55. The van der Waals surface area contributed by atoms with E-state index in [1.807, 2.05) is 6.07 Å². The summed E-state index contributed by atoms with van der Waals surface area (Å²) in [6, 6.07) is 9.35. The molecule has 1 N–H and O–H groups in total. The van der Waals surface area contributed by atoms with Crippen LogP contribution < -0.4 is 5.32 Å². The van der Waals surface area contributed by atoms with E-state index in [2.05, 4.69) is 10.3 Å². The Morgan fingerprint density at radius 1 is 1.29 bits per heavy atom. The first-order valence-electron chi connectivity index (χ1n) is 6.98. The minimum atomic E-state index is -4.42. The van der Waals surface area contributed by atoms with E-state index in [0.29, 0.717) is 10.0 Å². The van der Waals surface area contributed by atoms with Gasteiger partial charge in [-0.25, -0.2) is 4.98 Å². The summed E-state index contributed by atoms with van der Waals surface area (Å²) in [4.78, 5) is 15.8. The highest BCUT2D eigenvalue weighted by atomic mass is 35.5. The number of benzene rings is 1. The van der Waals surface area contributed by atoms with Crippen LogP contribution in [0.5, 0.6) is 0 Å². The smallest absolute Gasteiger partial charge is 0.351 e. The monoisotopic (exact) mass is 374 g/mol. The fraction of sp³-hybridized carbons (Fsp3) is 0.250. The number of halogens is 4. The molecule has 8 heteroatoms. The maximum Gasteiger partial charge on any atom is 0.417 e. The van der Waals surface area contributed by atoms with E-state index in [4.69, 9.17) is 11.6 Å². The van der Waals surface area contributed by atoms with E-state index in [-0.39, 0.29) is 12.5 Å². The molecule has 1 amide bonds. The number of hydrogen-bond donors (Lipinski definition) is 1. The third-order valence-electron chi connectivity index (χ3n) is 3.14. The minimum absolute atomic E-state index is 0.249. The van der Waals surface area contributed by atoms with Crippen molar-refractivity contribution in [3.8, 4) is 0 Å². The first-order chi connectivity index (χ1) is 11.3. The molecule has 0 saturated heterocycles. The summed E-state index contributed by atoms with van der Waals surface area (Å²) in [7, 11) is 0. The standard InChI is InChI=1S/C16H14ClF3N2OS/c1-10(15(23)22-8-11-4-2-3-5-13(11)17)24-14-7-6-12(9-21-14)16(18,19)20/h2-7,9-10H,8H2,1H3,(H,22,23). The lowest BCUT2D eigenvalue weighted by Crippen LogP contribution is -2.30. The number of alkyl halides is 3. The van der Waals surface area contributed by atoms with Crippen molar-refractivity contribution in [3.05, 3.63) is 58.7 Å². The average molecular weight is 375 g/mol. The first kappa shape index (κ1) is 18.6. The summed E-state index contributed by atoms with van der Waals surface area (Å²) < 4.78 is 37.4. The van der Waals surface area contributed by atoms with Crippen molar-refractivity contribution in [2.75, 3.05) is 0 Å². The predicted molar refractivity (Wildman–Crippen MR) is 87.9 cm³/mol. The van der Waals surface area contributed by atoms with Crippen molar-refractivity contribution >= 4 is 29.3 Å². The Kier molecular flexibility index (Phi) is 6.12. The number of amides is 1. The molecule has 2 rings (SSSR count). The second-order valence-electron chi connectivity index (χ2n) is 4.95. The summed E-state index contributed by atoms with van der Waals surface area (Å²) in [5, 5.41) is 3.15. The SMILES string of the molecule is CC(Sc1ccc(C(F)(F)F)cn1)C(=O)NCc1ccccc1Cl. The number of nitrogens with one attached hydrogen (secondary N) is 1. The van der Waals surface area contributed by atoms with Crippen LogP contribution in [-0.4, -0.2) is 16.1 Å². The van der Waals surface area contributed by atoms with Crippen LogP contribution in [0.2, 0.25) is 5.02 Å². The lowest BCUT2D eigenvalue weighted by Gasteiger charge is -2.13. The molecule has 0 aliphatic rings. The summed E-state index contributed by atoms with van der Waals surface area (Å²) in [6.45, 7) is 1.94. The van der Waals surface area contributed by atoms with Gasteiger partial charge in [-0.05, 0) is 30.7 Å². The Labute approximate surface area is 146 Å². The number of carbonyl (C=O) groups excluding carboxylic acids is 1. The quantitative estimate of drug-likeness (QED) is 0.780. The van der Waals surface area contributed by atoms with Crippen LogP contribution in [0.15, 0.2) is 47.6 Å². The number of aromatic nitrogens is 1. The van der Waals surface area contributed by atoms with Crippen LogP contribution >= 0.6 is 23.4 Å². The molecular weight excluding hydrogens is 361 g/mol. The van der Waals surface area contributed by atoms with E-state index in [0.717, 1.165) is 29.6 Å². The van der Waals surface area contributed by atoms with Gasteiger partial charge in [-0.1, -0.05) is 41.6 Å². The third kappa shape index (κ3) is 5.14. The minimum Gasteiger partial charge on any atom is -0.351 e. The molecule has 3 nitrogen and oxygen atoms in total. The number of rotatable bonds is 5. The molecule has 1 aromatic carbocycles. The van der Waals surface area contributed by atoms with Gasteiger partial charge in [0.25, 0.3) is 0 Å². The van der Waals surface area contributed by atoms with Crippen LogP contribution in [0.1, 0.15) is 18.1 Å². The topological polar surface area (TPSA) is 42.0 Å². The maximum atomic E-state index is 12.5. The number of pyridine rings is 1. The van der Waals surface area contributed by atoms with Gasteiger partial charge in [0.2, 0.25) is 5.91 Å².